The predicted molar refractivity (Wildman–Crippen MR) is 123 cm³/mol. The van der Waals surface area contributed by atoms with Gasteiger partial charge in [-0.1, -0.05) is 17.3 Å². The number of urea groups is 1. The third-order valence-electron chi connectivity index (χ3n) is 6.11. The first-order valence-electron chi connectivity index (χ1n) is 11.6. The van der Waals surface area contributed by atoms with Gasteiger partial charge in [-0.3, -0.25) is 9.48 Å². The summed E-state index contributed by atoms with van der Waals surface area (Å²) >= 11 is 0. The van der Waals surface area contributed by atoms with Crippen LogP contribution in [0, 0.1) is 19.8 Å². The highest BCUT2D eigenvalue weighted by Gasteiger charge is 2.29. The van der Waals surface area contributed by atoms with Crippen LogP contribution >= 0.6 is 0 Å². The number of aliphatic hydroxyl groups excluding tert-OH is 1. The Bertz CT molecular complexity index is 955. The molecule has 3 heterocycles. The van der Waals surface area contributed by atoms with Crippen LogP contribution in [0.15, 0.2) is 10.7 Å². The summed E-state index contributed by atoms with van der Waals surface area (Å²) in [6, 6.07) is -0.644. The minimum absolute atomic E-state index is 0.0313. The number of amides is 3. The third kappa shape index (κ3) is 6.32. The van der Waals surface area contributed by atoms with Gasteiger partial charge in [-0.2, -0.15) is 0 Å². The summed E-state index contributed by atoms with van der Waals surface area (Å²) in [5, 5.41) is 24.7. The smallest absolute Gasteiger partial charge is 0.321 e. The number of aryl methyl sites for hydroxylation is 3. The molecular weight excluding hydrogens is 442 g/mol. The molecule has 2 bridgehead atoms. The molecular formula is C22H35N7O5. The van der Waals surface area contributed by atoms with Crippen molar-refractivity contribution in [2.75, 3.05) is 32.1 Å². The van der Waals surface area contributed by atoms with Crippen LogP contribution in [-0.4, -0.2) is 85.9 Å². The molecule has 0 saturated heterocycles. The molecule has 12 nitrogen and oxygen atoms in total. The minimum Gasteiger partial charge on any atom is -0.394 e. The Morgan fingerprint density at radius 1 is 1.41 bits per heavy atom. The summed E-state index contributed by atoms with van der Waals surface area (Å²) in [5.41, 5.74) is 1.83. The first-order valence-corrected chi connectivity index (χ1v) is 11.6. The highest BCUT2D eigenvalue weighted by molar-refractivity contribution is 5.90. The first-order chi connectivity index (χ1) is 16.2. The molecule has 0 radical (unpaired) electrons. The fraction of sp³-hybridized carbons (Fsp3) is 0.682. The topological polar surface area (TPSA) is 139 Å². The fourth-order valence-corrected chi connectivity index (χ4v) is 3.91. The molecule has 2 N–H and O–H groups in total. The number of nitrogens with zero attached hydrogens (tertiary/aromatic N) is 6. The number of rotatable bonds is 5. The number of aromatic nitrogens is 4. The maximum Gasteiger partial charge on any atom is 0.321 e. The standard InChI is InChI=1S/C22H35N7O5/c1-14-9-29(15(2)12-30)20(31)7-6-8-28-10-18(24-26-28)13-33-19(14)11-27(5)22(32)23-21-16(3)25-34-17(21)4/h10,14-15,19,30H,6-9,11-13H2,1-5H3,(H,23,32)/t14-,15-,19-/m0/s1. The second kappa shape index (κ2) is 11.4. The van der Waals surface area contributed by atoms with Crippen LogP contribution in [0.5, 0.6) is 0 Å². The zero-order valence-electron chi connectivity index (χ0n) is 20.5. The van der Waals surface area contributed by atoms with Gasteiger partial charge in [-0.15, -0.1) is 5.10 Å². The van der Waals surface area contributed by atoms with E-state index in [-0.39, 0.29) is 43.7 Å². The monoisotopic (exact) mass is 477 g/mol. The quantitative estimate of drug-likeness (QED) is 0.662. The van der Waals surface area contributed by atoms with E-state index in [1.807, 2.05) is 20.0 Å². The predicted octanol–water partition coefficient (Wildman–Crippen LogP) is 1.57. The van der Waals surface area contributed by atoms with E-state index in [0.717, 1.165) is 0 Å². The van der Waals surface area contributed by atoms with E-state index in [9.17, 15) is 14.7 Å². The van der Waals surface area contributed by atoms with Crippen molar-refractivity contribution in [3.63, 3.8) is 0 Å². The lowest BCUT2D eigenvalue weighted by molar-refractivity contribution is -0.136. The van der Waals surface area contributed by atoms with Crippen LogP contribution in [-0.2, 0) is 22.7 Å². The van der Waals surface area contributed by atoms with Crippen molar-refractivity contribution in [3.05, 3.63) is 23.3 Å². The van der Waals surface area contributed by atoms with Gasteiger partial charge in [-0.05, 0) is 27.2 Å². The summed E-state index contributed by atoms with van der Waals surface area (Å²) < 4.78 is 13.0. The molecule has 3 atom stereocenters. The Kier molecular flexibility index (Phi) is 8.61. The van der Waals surface area contributed by atoms with E-state index in [2.05, 4.69) is 20.8 Å². The molecule has 0 aromatic carbocycles. The van der Waals surface area contributed by atoms with Crippen molar-refractivity contribution in [1.82, 2.24) is 30.0 Å². The van der Waals surface area contributed by atoms with E-state index in [4.69, 9.17) is 9.26 Å². The number of aliphatic hydroxyl groups is 1. The molecule has 3 amide bonds. The molecule has 2 aromatic rings. The van der Waals surface area contributed by atoms with E-state index < -0.39 is 6.10 Å². The largest absolute Gasteiger partial charge is 0.394 e. The van der Waals surface area contributed by atoms with Gasteiger partial charge in [-0.25, -0.2) is 4.79 Å². The van der Waals surface area contributed by atoms with Crippen LogP contribution in [0.1, 0.15) is 43.8 Å². The van der Waals surface area contributed by atoms with Gasteiger partial charge in [0.05, 0.1) is 31.6 Å². The molecule has 1 aliphatic rings. The molecule has 0 spiro atoms. The number of anilines is 1. The highest BCUT2D eigenvalue weighted by atomic mass is 16.5. The van der Waals surface area contributed by atoms with Crippen LogP contribution < -0.4 is 5.32 Å². The summed E-state index contributed by atoms with van der Waals surface area (Å²) in [6.07, 6.45) is 2.39. The molecule has 0 aliphatic carbocycles. The SMILES string of the molecule is Cc1noc(C)c1NC(=O)N(C)C[C@@H]1OCc2cn(nn2)CCCC(=O)N([C@@H](C)CO)C[C@@H]1C. The maximum atomic E-state index is 12.9. The summed E-state index contributed by atoms with van der Waals surface area (Å²) in [6.45, 7) is 8.65. The zero-order valence-corrected chi connectivity index (χ0v) is 20.5. The normalized spacial score (nSPS) is 20.8. The highest BCUT2D eigenvalue weighted by Crippen LogP contribution is 2.20. The molecule has 0 fully saturated rings. The van der Waals surface area contributed by atoms with Crippen molar-refractivity contribution < 1.29 is 24.0 Å². The number of nitrogens with one attached hydrogen (secondary N) is 1. The van der Waals surface area contributed by atoms with Gasteiger partial charge < -0.3 is 29.5 Å². The fourth-order valence-electron chi connectivity index (χ4n) is 3.91. The molecule has 0 saturated carbocycles. The lowest BCUT2D eigenvalue weighted by Gasteiger charge is -2.35. The summed E-state index contributed by atoms with van der Waals surface area (Å²) in [4.78, 5) is 29.0. The van der Waals surface area contributed by atoms with Gasteiger partial charge >= 0.3 is 6.03 Å². The van der Waals surface area contributed by atoms with E-state index >= 15 is 0 Å². The average Bonchev–Trinajstić information content (AvgIpc) is 3.40. The second-order valence-corrected chi connectivity index (χ2v) is 8.99. The minimum atomic E-state index is -0.396. The molecule has 2 aromatic heterocycles. The lowest BCUT2D eigenvalue weighted by atomic mass is 10.0. The molecule has 12 heteroatoms. The van der Waals surface area contributed by atoms with Crippen LogP contribution in [0.3, 0.4) is 0 Å². The van der Waals surface area contributed by atoms with E-state index in [1.165, 1.54) is 4.90 Å². The Morgan fingerprint density at radius 2 is 2.18 bits per heavy atom. The Morgan fingerprint density at radius 3 is 2.85 bits per heavy atom. The average molecular weight is 478 g/mol. The lowest BCUT2D eigenvalue weighted by Crippen LogP contribution is -2.48. The number of ether oxygens (including phenoxy) is 1. The summed E-state index contributed by atoms with van der Waals surface area (Å²) in [5.74, 6) is 0.375. The van der Waals surface area contributed by atoms with Crippen LogP contribution in [0.4, 0.5) is 10.5 Å². The van der Waals surface area contributed by atoms with Crippen molar-refractivity contribution in [2.45, 2.75) is 65.8 Å². The van der Waals surface area contributed by atoms with Gasteiger partial charge in [0, 0.05) is 39.0 Å². The van der Waals surface area contributed by atoms with Crippen LogP contribution in [0.2, 0.25) is 0 Å². The Labute approximate surface area is 199 Å². The summed E-state index contributed by atoms with van der Waals surface area (Å²) in [7, 11) is 1.68. The van der Waals surface area contributed by atoms with Gasteiger partial charge in [0.15, 0.2) is 5.76 Å². The Balaban J connectivity index is 1.77. The zero-order chi connectivity index (χ0) is 24.8. The number of carbonyl (C=O) groups excluding carboxylic acids is 2. The number of carbonyl (C=O) groups is 2. The van der Waals surface area contributed by atoms with E-state index in [1.54, 1.807) is 30.5 Å². The maximum absolute atomic E-state index is 12.9. The molecule has 0 unspecified atom stereocenters. The van der Waals surface area contributed by atoms with E-state index in [0.29, 0.717) is 48.8 Å². The Hall–Kier alpha value is -2.99. The molecule has 188 valence electrons. The van der Waals surface area contributed by atoms with Crippen LogP contribution in [0.25, 0.3) is 0 Å². The molecule has 3 rings (SSSR count). The number of hydrogen-bond donors (Lipinski definition) is 2. The number of hydrogen-bond acceptors (Lipinski definition) is 8. The molecule has 34 heavy (non-hydrogen) atoms. The second-order valence-electron chi connectivity index (χ2n) is 8.99. The number of likely N-dealkylation sites (N-methyl/N-ethyl adjacent to an activating group) is 1. The van der Waals surface area contributed by atoms with Crippen molar-refractivity contribution in [3.8, 4) is 0 Å². The number of fused-ring (bicyclic) bond motifs is 2. The van der Waals surface area contributed by atoms with Gasteiger partial charge in [0.2, 0.25) is 5.91 Å². The van der Waals surface area contributed by atoms with Gasteiger partial charge in [0.25, 0.3) is 0 Å². The van der Waals surface area contributed by atoms with Crippen molar-refractivity contribution >= 4 is 17.6 Å². The van der Waals surface area contributed by atoms with Crippen molar-refractivity contribution in [1.29, 1.82) is 0 Å². The van der Waals surface area contributed by atoms with Crippen molar-refractivity contribution in [2.24, 2.45) is 5.92 Å². The molecule has 1 aliphatic heterocycles. The first kappa shape index (κ1) is 25.6. The third-order valence-corrected chi connectivity index (χ3v) is 6.11. The van der Waals surface area contributed by atoms with Gasteiger partial charge in [0.1, 0.15) is 17.1 Å².